The predicted molar refractivity (Wildman–Crippen MR) is 150 cm³/mol. The zero-order valence-electron chi connectivity index (χ0n) is 22.8. The first-order valence-electron chi connectivity index (χ1n) is 12.6. The van der Waals surface area contributed by atoms with Crippen LogP contribution in [0, 0.1) is 12.7 Å². The molecular weight excluding hydrogens is 562 g/mol. The number of ether oxygens (including phenoxy) is 2. The Balaban J connectivity index is 1.52. The predicted octanol–water partition coefficient (Wildman–Crippen LogP) is 5.76. The number of amides is 1. The first-order valence-corrected chi connectivity index (χ1v) is 13.4. The molecule has 2 heterocycles. The molecule has 1 atom stereocenters. The summed E-state index contributed by atoms with van der Waals surface area (Å²) in [6.07, 6.45) is -4.42. The summed E-state index contributed by atoms with van der Waals surface area (Å²) < 4.78 is 61.9. The van der Waals surface area contributed by atoms with Crippen molar-refractivity contribution in [3.8, 4) is 21.9 Å². The van der Waals surface area contributed by atoms with Crippen LogP contribution in [0.3, 0.4) is 0 Å². The molecule has 13 heteroatoms. The number of hydrogen-bond acceptors (Lipinski definition) is 8. The molecule has 4 aromatic rings. The molecule has 0 fully saturated rings. The number of halogens is 4. The van der Waals surface area contributed by atoms with Crippen LogP contribution in [0.25, 0.3) is 21.3 Å². The van der Waals surface area contributed by atoms with Gasteiger partial charge in [-0.2, -0.15) is 13.2 Å². The van der Waals surface area contributed by atoms with Crippen molar-refractivity contribution >= 4 is 34.0 Å². The Morgan fingerprint density at radius 3 is 2.49 bits per heavy atom. The second-order valence-electron chi connectivity index (χ2n) is 9.21. The smallest absolute Gasteiger partial charge is 0.401 e. The van der Waals surface area contributed by atoms with E-state index in [0.29, 0.717) is 39.8 Å². The average molecular weight is 592 g/mol. The zero-order valence-corrected chi connectivity index (χ0v) is 23.6. The van der Waals surface area contributed by atoms with Gasteiger partial charge in [-0.05, 0) is 55.3 Å². The Morgan fingerprint density at radius 2 is 1.78 bits per heavy atom. The standard InChI is InChI=1S/C28H29F4N5O3S/c1-15(35-27-20-10-22(39-3)23(40-4)11-21(20)36-16(2)37-27)24-7-8-25(41-24)19-6-5-18(29)9-17(19)12-34-26(38)13-33-14-28(30,31)32/h5-11,15,33H,12-14H2,1-4H3,(H,34,38)(H,35,36,37). The maximum atomic E-state index is 14.1. The molecule has 0 aliphatic rings. The highest BCUT2D eigenvalue weighted by Crippen LogP contribution is 2.37. The number of alkyl halides is 3. The number of anilines is 1. The normalized spacial score (nSPS) is 12.3. The number of thiophene rings is 1. The van der Waals surface area contributed by atoms with Crippen LogP contribution in [0.4, 0.5) is 23.4 Å². The molecule has 41 heavy (non-hydrogen) atoms. The number of benzene rings is 2. The van der Waals surface area contributed by atoms with Gasteiger partial charge in [-0.3, -0.25) is 4.79 Å². The third-order valence-electron chi connectivity index (χ3n) is 6.14. The van der Waals surface area contributed by atoms with Crippen molar-refractivity contribution in [1.82, 2.24) is 20.6 Å². The Hall–Kier alpha value is -3.97. The number of nitrogens with one attached hydrogen (secondary N) is 3. The van der Waals surface area contributed by atoms with E-state index in [1.165, 1.54) is 23.5 Å². The van der Waals surface area contributed by atoms with E-state index in [9.17, 15) is 22.4 Å². The van der Waals surface area contributed by atoms with Crippen LogP contribution in [0.2, 0.25) is 0 Å². The van der Waals surface area contributed by atoms with Gasteiger partial charge in [-0.1, -0.05) is 6.07 Å². The maximum Gasteiger partial charge on any atom is 0.401 e. The van der Waals surface area contributed by atoms with Crippen LogP contribution in [0.5, 0.6) is 11.5 Å². The van der Waals surface area contributed by atoms with Gasteiger partial charge in [0.25, 0.3) is 0 Å². The molecule has 0 bridgehead atoms. The van der Waals surface area contributed by atoms with Gasteiger partial charge in [0.1, 0.15) is 17.5 Å². The van der Waals surface area contributed by atoms with Crippen LogP contribution in [0.1, 0.15) is 29.2 Å². The average Bonchev–Trinajstić information content (AvgIpc) is 3.40. The van der Waals surface area contributed by atoms with Crippen LogP contribution < -0.4 is 25.4 Å². The fraction of sp³-hybridized carbons (Fsp3) is 0.321. The van der Waals surface area contributed by atoms with E-state index >= 15 is 0 Å². The summed E-state index contributed by atoms with van der Waals surface area (Å²) in [5.74, 6) is 1.20. The Morgan fingerprint density at radius 1 is 1.05 bits per heavy atom. The van der Waals surface area contributed by atoms with Gasteiger partial charge in [0, 0.05) is 27.8 Å². The van der Waals surface area contributed by atoms with E-state index in [-0.39, 0.29) is 12.6 Å². The first-order chi connectivity index (χ1) is 19.5. The molecule has 4 rings (SSSR count). The number of carbonyl (C=O) groups excluding carboxylic acids is 1. The monoisotopic (exact) mass is 591 g/mol. The number of carbonyl (C=O) groups is 1. The summed E-state index contributed by atoms with van der Waals surface area (Å²) in [4.78, 5) is 23.0. The third kappa shape index (κ3) is 7.61. The van der Waals surface area contributed by atoms with Crippen molar-refractivity contribution < 1.29 is 31.8 Å². The summed E-state index contributed by atoms with van der Waals surface area (Å²) >= 11 is 1.48. The number of hydrogen-bond donors (Lipinski definition) is 3. The Labute approximate surface area is 238 Å². The highest BCUT2D eigenvalue weighted by Gasteiger charge is 2.26. The van der Waals surface area contributed by atoms with Gasteiger partial charge < -0.3 is 25.4 Å². The minimum Gasteiger partial charge on any atom is -0.493 e. The molecule has 0 radical (unpaired) electrons. The molecule has 0 aliphatic heterocycles. The van der Waals surface area contributed by atoms with Crippen molar-refractivity contribution in [2.45, 2.75) is 32.6 Å². The lowest BCUT2D eigenvalue weighted by molar-refractivity contribution is -0.128. The zero-order chi connectivity index (χ0) is 29.7. The van der Waals surface area contributed by atoms with Crippen LogP contribution in [0.15, 0.2) is 42.5 Å². The quantitative estimate of drug-likeness (QED) is 0.191. The number of fused-ring (bicyclic) bond motifs is 1. The van der Waals surface area contributed by atoms with E-state index in [2.05, 4.69) is 20.6 Å². The number of rotatable bonds is 11. The number of aromatic nitrogens is 2. The van der Waals surface area contributed by atoms with Gasteiger partial charge in [-0.15, -0.1) is 11.3 Å². The minimum atomic E-state index is -4.42. The maximum absolute atomic E-state index is 14.1. The van der Waals surface area contributed by atoms with Crippen molar-refractivity contribution in [1.29, 1.82) is 0 Å². The fourth-order valence-electron chi connectivity index (χ4n) is 4.21. The van der Waals surface area contributed by atoms with Crippen molar-refractivity contribution in [2.75, 3.05) is 32.6 Å². The number of aryl methyl sites for hydroxylation is 1. The number of methoxy groups -OCH3 is 2. The van der Waals surface area contributed by atoms with Crippen LogP contribution in [-0.2, 0) is 11.3 Å². The topological polar surface area (TPSA) is 97.4 Å². The summed E-state index contributed by atoms with van der Waals surface area (Å²) in [6.45, 7) is 1.96. The van der Waals surface area contributed by atoms with Crippen molar-refractivity contribution in [2.24, 2.45) is 0 Å². The third-order valence-corrected chi connectivity index (χ3v) is 7.44. The van der Waals surface area contributed by atoms with Gasteiger partial charge in [-0.25, -0.2) is 14.4 Å². The molecule has 3 N–H and O–H groups in total. The van der Waals surface area contributed by atoms with Crippen molar-refractivity contribution in [3.63, 3.8) is 0 Å². The lowest BCUT2D eigenvalue weighted by atomic mass is 10.1. The highest BCUT2D eigenvalue weighted by molar-refractivity contribution is 7.15. The molecule has 218 valence electrons. The van der Waals surface area contributed by atoms with Gasteiger partial charge >= 0.3 is 6.18 Å². The molecular formula is C28H29F4N5O3S. The molecule has 2 aromatic heterocycles. The summed E-state index contributed by atoms with van der Waals surface area (Å²) in [5, 5.41) is 8.80. The van der Waals surface area contributed by atoms with Gasteiger partial charge in [0.2, 0.25) is 5.91 Å². The Kier molecular flexibility index (Phi) is 9.28. The summed E-state index contributed by atoms with van der Waals surface area (Å²) in [5.41, 5.74) is 1.91. The first kappa shape index (κ1) is 30.0. The lowest BCUT2D eigenvalue weighted by Gasteiger charge is -2.17. The fourth-order valence-corrected chi connectivity index (χ4v) is 5.28. The van der Waals surface area contributed by atoms with E-state index in [1.54, 1.807) is 33.3 Å². The molecule has 0 aliphatic carbocycles. The lowest BCUT2D eigenvalue weighted by Crippen LogP contribution is -2.38. The minimum absolute atomic E-state index is 0.0435. The van der Waals surface area contributed by atoms with E-state index in [1.807, 2.05) is 30.4 Å². The van der Waals surface area contributed by atoms with E-state index < -0.39 is 31.0 Å². The molecule has 2 aromatic carbocycles. The SMILES string of the molecule is COc1cc2nc(C)nc(NC(C)c3ccc(-c4ccc(F)cc4CNC(=O)CNCC(F)(F)F)s3)c2cc1OC. The van der Waals surface area contributed by atoms with Crippen molar-refractivity contribution in [3.05, 3.63) is 64.5 Å². The number of nitrogens with zero attached hydrogens (tertiary/aromatic N) is 2. The van der Waals surface area contributed by atoms with Crippen LogP contribution in [-0.4, -0.2) is 49.4 Å². The largest absolute Gasteiger partial charge is 0.493 e. The highest BCUT2D eigenvalue weighted by atomic mass is 32.1. The molecule has 0 saturated carbocycles. The second kappa shape index (κ2) is 12.7. The van der Waals surface area contributed by atoms with Gasteiger partial charge in [0.15, 0.2) is 11.5 Å². The van der Waals surface area contributed by atoms with E-state index in [0.717, 1.165) is 15.1 Å². The molecule has 8 nitrogen and oxygen atoms in total. The molecule has 0 spiro atoms. The van der Waals surface area contributed by atoms with Crippen LogP contribution >= 0.6 is 11.3 Å². The molecule has 1 amide bonds. The second-order valence-corrected chi connectivity index (χ2v) is 10.3. The van der Waals surface area contributed by atoms with E-state index in [4.69, 9.17) is 9.47 Å². The molecule has 0 saturated heterocycles. The molecule has 1 unspecified atom stereocenters. The van der Waals surface area contributed by atoms with Gasteiger partial charge in [0.05, 0.1) is 38.9 Å². The summed E-state index contributed by atoms with van der Waals surface area (Å²) in [7, 11) is 3.12. The summed E-state index contributed by atoms with van der Waals surface area (Å²) in [6, 6.07) is 11.5. The Bertz CT molecular complexity index is 1540.